The van der Waals surface area contributed by atoms with E-state index in [4.69, 9.17) is 15.2 Å². The summed E-state index contributed by atoms with van der Waals surface area (Å²) in [4.78, 5) is 0.235. The fraction of sp³-hybridized carbons (Fsp3) is 0.600. The van der Waals surface area contributed by atoms with Gasteiger partial charge in [-0.25, -0.2) is 8.42 Å². The summed E-state index contributed by atoms with van der Waals surface area (Å²) in [5, 5.41) is 0. The maximum Gasteiger partial charge on any atom is 0.243 e. The number of sulfonamides is 1. The van der Waals surface area contributed by atoms with Gasteiger partial charge in [-0.15, -0.1) is 0 Å². The molecule has 0 spiro atoms. The molecule has 1 saturated carbocycles. The highest BCUT2D eigenvalue weighted by Crippen LogP contribution is 2.40. The molecule has 6 nitrogen and oxygen atoms in total. The zero-order valence-corrected chi connectivity index (χ0v) is 13.7. The van der Waals surface area contributed by atoms with Crippen LogP contribution in [0.15, 0.2) is 23.1 Å². The Bertz CT molecular complexity index is 662. The molecule has 0 radical (unpaired) electrons. The van der Waals surface area contributed by atoms with Crippen molar-refractivity contribution in [2.45, 2.75) is 23.8 Å². The molecule has 1 aromatic carbocycles. The van der Waals surface area contributed by atoms with Gasteiger partial charge < -0.3 is 15.2 Å². The summed E-state index contributed by atoms with van der Waals surface area (Å²) in [5.41, 5.74) is 6.09. The lowest BCUT2D eigenvalue weighted by Crippen LogP contribution is -2.33. The van der Waals surface area contributed by atoms with Gasteiger partial charge in [-0.2, -0.15) is 4.31 Å². The molecule has 1 aliphatic heterocycles. The van der Waals surface area contributed by atoms with Gasteiger partial charge in [0.25, 0.3) is 0 Å². The van der Waals surface area contributed by atoms with Crippen LogP contribution < -0.4 is 15.2 Å². The molecular weight excluding hydrogens is 304 g/mol. The van der Waals surface area contributed by atoms with E-state index in [0.29, 0.717) is 30.5 Å². The van der Waals surface area contributed by atoms with Crippen LogP contribution >= 0.6 is 0 Å². The van der Waals surface area contributed by atoms with Gasteiger partial charge in [-0.05, 0) is 36.8 Å². The third kappa shape index (κ3) is 2.47. The molecule has 3 rings (SSSR count). The number of nitrogens with two attached hydrogens (primary N) is 1. The Kier molecular flexibility index (Phi) is 4.05. The number of rotatable bonds is 4. The predicted molar refractivity (Wildman–Crippen MR) is 82.5 cm³/mol. The number of benzene rings is 1. The van der Waals surface area contributed by atoms with E-state index in [9.17, 15) is 8.42 Å². The van der Waals surface area contributed by atoms with E-state index in [1.54, 1.807) is 16.4 Å². The van der Waals surface area contributed by atoms with Crippen molar-refractivity contribution in [3.8, 4) is 11.5 Å². The molecule has 1 aliphatic carbocycles. The van der Waals surface area contributed by atoms with E-state index in [2.05, 4.69) is 0 Å². The van der Waals surface area contributed by atoms with E-state index in [1.165, 1.54) is 20.3 Å². The number of ether oxygens (including phenoxy) is 2. The maximum absolute atomic E-state index is 12.8. The van der Waals surface area contributed by atoms with Gasteiger partial charge in [0.15, 0.2) is 11.5 Å². The molecule has 3 unspecified atom stereocenters. The number of hydrogen-bond acceptors (Lipinski definition) is 5. The summed E-state index contributed by atoms with van der Waals surface area (Å²) in [6.07, 6.45) is 2.02. The van der Waals surface area contributed by atoms with Crippen LogP contribution in [0.5, 0.6) is 11.5 Å². The van der Waals surface area contributed by atoms with Crippen molar-refractivity contribution in [1.82, 2.24) is 4.31 Å². The highest BCUT2D eigenvalue weighted by Gasteiger charge is 2.45. The lowest BCUT2D eigenvalue weighted by Gasteiger charge is -2.19. The van der Waals surface area contributed by atoms with Crippen LogP contribution in [-0.2, 0) is 10.0 Å². The first-order valence-corrected chi connectivity index (χ1v) is 8.89. The number of fused-ring (bicyclic) bond motifs is 1. The van der Waals surface area contributed by atoms with E-state index < -0.39 is 10.0 Å². The summed E-state index contributed by atoms with van der Waals surface area (Å²) >= 11 is 0. The van der Waals surface area contributed by atoms with Crippen LogP contribution in [0.25, 0.3) is 0 Å². The van der Waals surface area contributed by atoms with Crippen molar-refractivity contribution in [2.24, 2.45) is 17.6 Å². The van der Waals surface area contributed by atoms with Gasteiger partial charge in [-0.1, -0.05) is 0 Å². The van der Waals surface area contributed by atoms with Crippen LogP contribution in [0.4, 0.5) is 0 Å². The van der Waals surface area contributed by atoms with Gasteiger partial charge in [-0.3, -0.25) is 0 Å². The first-order chi connectivity index (χ1) is 10.5. The van der Waals surface area contributed by atoms with E-state index >= 15 is 0 Å². The lowest BCUT2D eigenvalue weighted by molar-refractivity contribution is 0.353. The molecule has 3 atom stereocenters. The Morgan fingerprint density at radius 3 is 2.50 bits per heavy atom. The third-order valence-electron chi connectivity index (χ3n) is 4.87. The molecule has 1 saturated heterocycles. The highest BCUT2D eigenvalue weighted by molar-refractivity contribution is 7.89. The largest absolute Gasteiger partial charge is 0.493 e. The molecule has 0 amide bonds. The minimum atomic E-state index is -3.52. The third-order valence-corrected chi connectivity index (χ3v) is 6.70. The predicted octanol–water partition coefficient (Wildman–Crippen LogP) is 1.06. The minimum absolute atomic E-state index is 0.121. The zero-order chi connectivity index (χ0) is 15.9. The van der Waals surface area contributed by atoms with Crippen molar-refractivity contribution >= 4 is 10.0 Å². The monoisotopic (exact) mass is 326 g/mol. The molecule has 122 valence electrons. The Hall–Kier alpha value is -1.31. The highest BCUT2D eigenvalue weighted by atomic mass is 32.2. The Morgan fingerprint density at radius 2 is 1.86 bits per heavy atom. The second-order valence-electron chi connectivity index (χ2n) is 6.00. The van der Waals surface area contributed by atoms with Crippen molar-refractivity contribution in [1.29, 1.82) is 0 Å². The van der Waals surface area contributed by atoms with Crippen molar-refractivity contribution < 1.29 is 17.9 Å². The fourth-order valence-corrected chi connectivity index (χ4v) is 5.14. The van der Waals surface area contributed by atoms with Crippen LogP contribution in [-0.4, -0.2) is 46.1 Å². The topological polar surface area (TPSA) is 81.9 Å². The molecule has 2 N–H and O–H groups in total. The molecule has 22 heavy (non-hydrogen) atoms. The van der Waals surface area contributed by atoms with Gasteiger partial charge >= 0.3 is 0 Å². The molecule has 1 heterocycles. The van der Waals surface area contributed by atoms with Crippen molar-refractivity contribution in [3.05, 3.63) is 18.2 Å². The standard InChI is InChI=1S/C15H22N2O4S/c1-20-14-6-4-11(7-15(14)21-2)22(18,19)17-8-10-3-5-13(16)12(10)9-17/h4,6-7,10,12-13H,3,5,8-9,16H2,1-2H3. The number of nitrogens with zero attached hydrogens (tertiary/aromatic N) is 1. The summed E-state index contributed by atoms with van der Waals surface area (Å²) in [7, 11) is -0.503. The first kappa shape index (κ1) is 15.6. The zero-order valence-electron chi connectivity index (χ0n) is 12.9. The smallest absolute Gasteiger partial charge is 0.243 e. The van der Waals surface area contributed by atoms with E-state index in [-0.39, 0.29) is 16.9 Å². The van der Waals surface area contributed by atoms with Crippen molar-refractivity contribution in [3.63, 3.8) is 0 Å². The summed E-state index contributed by atoms with van der Waals surface area (Å²) in [6, 6.07) is 4.82. The average Bonchev–Trinajstić information content (AvgIpc) is 3.09. The molecule has 0 bridgehead atoms. The number of methoxy groups -OCH3 is 2. The molecule has 1 aromatic rings. The van der Waals surface area contributed by atoms with Crippen LogP contribution in [0.2, 0.25) is 0 Å². The van der Waals surface area contributed by atoms with Gasteiger partial charge in [0, 0.05) is 25.2 Å². The average molecular weight is 326 g/mol. The molecule has 2 fully saturated rings. The summed E-state index contributed by atoms with van der Waals surface area (Å²) < 4.78 is 37.6. The van der Waals surface area contributed by atoms with Crippen LogP contribution in [0, 0.1) is 11.8 Å². The second kappa shape index (κ2) is 5.72. The first-order valence-electron chi connectivity index (χ1n) is 7.45. The van der Waals surface area contributed by atoms with Gasteiger partial charge in [0.2, 0.25) is 10.0 Å². The summed E-state index contributed by atoms with van der Waals surface area (Å²) in [5.74, 6) is 1.61. The Labute approximate surface area is 131 Å². The van der Waals surface area contributed by atoms with Crippen molar-refractivity contribution in [2.75, 3.05) is 27.3 Å². The Balaban J connectivity index is 1.88. The Morgan fingerprint density at radius 1 is 1.14 bits per heavy atom. The van der Waals surface area contributed by atoms with E-state index in [0.717, 1.165) is 12.8 Å². The number of hydrogen-bond donors (Lipinski definition) is 1. The normalized spacial score (nSPS) is 28.6. The lowest BCUT2D eigenvalue weighted by atomic mass is 9.98. The molecule has 2 aliphatic rings. The SMILES string of the molecule is COc1ccc(S(=O)(=O)N2CC3CCC(N)C3C2)cc1OC. The molecule has 0 aromatic heterocycles. The van der Waals surface area contributed by atoms with Crippen LogP contribution in [0.3, 0.4) is 0 Å². The molecular formula is C15H22N2O4S. The maximum atomic E-state index is 12.8. The van der Waals surface area contributed by atoms with Crippen LogP contribution in [0.1, 0.15) is 12.8 Å². The van der Waals surface area contributed by atoms with E-state index in [1.807, 2.05) is 0 Å². The fourth-order valence-electron chi connectivity index (χ4n) is 3.59. The van der Waals surface area contributed by atoms with Gasteiger partial charge in [0.05, 0.1) is 19.1 Å². The minimum Gasteiger partial charge on any atom is -0.493 e. The quantitative estimate of drug-likeness (QED) is 0.895. The summed E-state index contributed by atoms with van der Waals surface area (Å²) in [6.45, 7) is 1.08. The molecule has 7 heteroatoms. The van der Waals surface area contributed by atoms with Gasteiger partial charge in [0.1, 0.15) is 0 Å². The second-order valence-corrected chi connectivity index (χ2v) is 7.94.